The largest absolute Gasteiger partial charge is 0.497 e. The molecule has 2 aromatic carbocycles. The number of aliphatic carboxylic acids is 1. The van der Waals surface area contributed by atoms with Crippen LogP contribution in [-0.2, 0) is 21.7 Å². The minimum absolute atomic E-state index is 0.00179. The Kier molecular flexibility index (Phi) is 5.77. The first-order chi connectivity index (χ1) is 12.9. The number of methoxy groups -OCH3 is 1. The Balaban J connectivity index is 1.88. The molecule has 0 bridgehead atoms. The smallest absolute Gasteiger partial charge is 0.317 e. The van der Waals surface area contributed by atoms with Gasteiger partial charge in [-0.05, 0) is 67.4 Å². The molecule has 6 heteroatoms. The molecule has 1 unspecified atom stereocenters. The fourth-order valence-corrected chi connectivity index (χ4v) is 3.71. The molecule has 1 heterocycles. The van der Waals surface area contributed by atoms with E-state index in [1.54, 1.807) is 25.1 Å². The van der Waals surface area contributed by atoms with Crippen LogP contribution in [0.4, 0.5) is 4.39 Å². The lowest BCUT2D eigenvalue weighted by Gasteiger charge is -2.31. The lowest BCUT2D eigenvalue weighted by Crippen LogP contribution is -2.31. The van der Waals surface area contributed by atoms with E-state index in [-0.39, 0.29) is 12.4 Å². The van der Waals surface area contributed by atoms with Crippen molar-refractivity contribution in [3.05, 3.63) is 65.0 Å². The third kappa shape index (κ3) is 4.12. The quantitative estimate of drug-likeness (QED) is 0.769. The number of hydrogen-bond acceptors (Lipinski definition) is 4. The third-order valence-electron chi connectivity index (χ3n) is 5.01. The average molecular weight is 373 g/mol. The fraction of sp³-hybridized carbons (Fsp3) is 0.381. The van der Waals surface area contributed by atoms with E-state index in [0.29, 0.717) is 19.6 Å². The van der Waals surface area contributed by atoms with Crippen molar-refractivity contribution >= 4 is 5.97 Å². The van der Waals surface area contributed by atoms with Gasteiger partial charge in [0.15, 0.2) is 0 Å². The first kappa shape index (κ1) is 19.3. The Morgan fingerprint density at radius 2 is 2.04 bits per heavy atom. The molecule has 27 heavy (non-hydrogen) atoms. The third-order valence-corrected chi connectivity index (χ3v) is 5.01. The van der Waals surface area contributed by atoms with Crippen LogP contribution in [0.15, 0.2) is 42.5 Å². The van der Waals surface area contributed by atoms with Gasteiger partial charge < -0.3 is 14.6 Å². The second-order valence-electron chi connectivity index (χ2n) is 6.88. The summed E-state index contributed by atoms with van der Waals surface area (Å²) in [5, 5.41) is 8.92. The van der Waals surface area contributed by atoms with Crippen LogP contribution in [-0.4, -0.2) is 43.2 Å². The molecule has 0 fully saturated rings. The van der Waals surface area contributed by atoms with Crippen molar-refractivity contribution < 1.29 is 23.8 Å². The van der Waals surface area contributed by atoms with E-state index in [1.807, 2.05) is 24.3 Å². The van der Waals surface area contributed by atoms with Crippen LogP contribution < -0.4 is 4.74 Å². The number of carboxylic acids is 1. The van der Waals surface area contributed by atoms with E-state index in [1.165, 1.54) is 12.1 Å². The number of nitrogens with zero attached hydrogens (tertiary/aromatic N) is 1. The fourth-order valence-electron chi connectivity index (χ4n) is 3.71. The number of fused-ring (bicyclic) bond motifs is 1. The monoisotopic (exact) mass is 373 g/mol. The molecular formula is C21H24FNO4. The molecule has 5 nitrogen and oxygen atoms in total. The number of hydrogen-bond donors (Lipinski definition) is 1. The van der Waals surface area contributed by atoms with Crippen molar-refractivity contribution in [2.75, 3.05) is 27.2 Å². The highest BCUT2D eigenvalue weighted by molar-refractivity contribution is 5.69. The topological polar surface area (TPSA) is 59.0 Å². The summed E-state index contributed by atoms with van der Waals surface area (Å²) in [5.74, 6) is -0.364. The number of likely N-dealkylation sites (N-methyl/N-ethyl adjacent to an activating group) is 1. The molecule has 2 aromatic rings. The summed E-state index contributed by atoms with van der Waals surface area (Å²) in [6, 6.07) is 12.5. The van der Waals surface area contributed by atoms with Gasteiger partial charge in [-0.25, -0.2) is 4.39 Å². The Labute approximate surface area is 158 Å². The highest BCUT2D eigenvalue weighted by Crippen LogP contribution is 2.45. The van der Waals surface area contributed by atoms with E-state index < -0.39 is 11.6 Å². The SMILES string of the molecule is COc1ccc(C2(CCCN(C)CC(=O)O)OCc3cc(F)ccc32)cc1. The Bertz CT molecular complexity index is 808. The molecule has 1 N–H and O–H groups in total. The van der Waals surface area contributed by atoms with Crippen molar-refractivity contribution in [1.82, 2.24) is 4.90 Å². The molecule has 144 valence electrons. The number of carboxylic acid groups (broad SMARTS) is 1. The van der Waals surface area contributed by atoms with E-state index >= 15 is 0 Å². The van der Waals surface area contributed by atoms with Crippen LogP contribution in [0.1, 0.15) is 29.5 Å². The standard InChI is InChI=1S/C21H24FNO4/c1-23(13-20(24)25)11-3-10-21(16-4-7-18(26-2)8-5-16)19-9-6-17(22)12-15(19)14-27-21/h4-9,12H,3,10-11,13-14H2,1-2H3,(H,24,25). The van der Waals surface area contributed by atoms with Gasteiger partial charge >= 0.3 is 5.97 Å². The summed E-state index contributed by atoms with van der Waals surface area (Å²) in [6.45, 7) is 0.979. The maximum absolute atomic E-state index is 13.7. The molecule has 0 radical (unpaired) electrons. The second-order valence-corrected chi connectivity index (χ2v) is 6.88. The van der Waals surface area contributed by atoms with Gasteiger partial charge in [-0.15, -0.1) is 0 Å². The second kappa shape index (κ2) is 8.06. The predicted molar refractivity (Wildman–Crippen MR) is 99.3 cm³/mol. The van der Waals surface area contributed by atoms with Gasteiger partial charge in [0.2, 0.25) is 0 Å². The Morgan fingerprint density at radius 3 is 2.70 bits per heavy atom. The lowest BCUT2D eigenvalue weighted by atomic mass is 9.82. The minimum Gasteiger partial charge on any atom is -0.497 e. The molecule has 0 aromatic heterocycles. The van der Waals surface area contributed by atoms with Crippen molar-refractivity contribution in [1.29, 1.82) is 0 Å². The number of benzene rings is 2. The number of rotatable bonds is 8. The van der Waals surface area contributed by atoms with Gasteiger partial charge in [-0.2, -0.15) is 0 Å². The van der Waals surface area contributed by atoms with Crippen LogP contribution in [0, 0.1) is 5.82 Å². The van der Waals surface area contributed by atoms with Crippen LogP contribution >= 0.6 is 0 Å². The predicted octanol–water partition coefficient (Wildman–Crippen LogP) is 3.40. The molecule has 3 rings (SSSR count). The van der Waals surface area contributed by atoms with Gasteiger partial charge in [-0.3, -0.25) is 9.69 Å². The van der Waals surface area contributed by atoms with Crippen molar-refractivity contribution in [3.63, 3.8) is 0 Å². The highest BCUT2D eigenvalue weighted by atomic mass is 19.1. The van der Waals surface area contributed by atoms with Crippen LogP contribution in [0.5, 0.6) is 5.75 Å². The van der Waals surface area contributed by atoms with Gasteiger partial charge in [0.25, 0.3) is 0 Å². The first-order valence-electron chi connectivity index (χ1n) is 8.92. The van der Waals surface area contributed by atoms with Crippen LogP contribution in [0.2, 0.25) is 0 Å². The number of ether oxygens (including phenoxy) is 2. The van der Waals surface area contributed by atoms with Gasteiger partial charge in [0.05, 0.1) is 20.3 Å². The van der Waals surface area contributed by atoms with E-state index in [0.717, 1.165) is 28.9 Å². The molecule has 1 aliphatic rings. The maximum Gasteiger partial charge on any atom is 0.317 e. The minimum atomic E-state index is -0.847. The zero-order chi connectivity index (χ0) is 19.4. The summed E-state index contributed by atoms with van der Waals surface area (Å²) in [4.78, 5) is 12.6. The Hall–Kier alpha value is -2.44. The highest BCUT2D eigenvalue weighted by Gasteiger charge is 2.41. The number of halogens is 1. The van der Waals surface area contributed by atoms with Crippen molar-refractivity contribution in [2.45, 2.75) is 25.0 Å². The lowest BCUT2D eigenvalue weighted by molar-refractivity contribution is -0.138. The summed E-state index contributed by atoms with van der Waals surface area (Å²) < 4.78 is 25.2. The van der Waals surface area contributed by atoms with E-state index in [4.69, 9.17) is 14.6 Å². The molecule has 0 aliphatic carbocycles. The Morgan fingerprint density at radius 1 is 1.30 bits per heavy atom. The molecule has 1 aliphatic heterocycles. The number of carbonyl (C=O) groups is 1. The summed E-state index contributed by atoms with van der Waals surface area (Å²) in [7, 11) is 3.40. The van der Waals surface area contributed by atoms with Crippen LogP contribution in [0.3, 0.4) is 0 Å². The summed E-state index contributed by atoms with van der Waals surface area (Å²) >= 11 is 0. The van der Waals surface area contributed by atoms with Gasteiger partial charge in [-0.1, -0.05) is 18.2 Å². The van der Waals surface area contributed by atoms with E-state index in [9.17, 15) is 9.18 Å². The van der Waals surface area contributed by atoms with Gasteiger partial charge in [0, 0.05) is 0 Å². The summed E-state index contributed by atoms with van der Waals surface area (Å²) in [5.41, 5.74) is 2.13. The van der Waals surface area contributed by atoms with Crippen molar-refractivity contribution in [2.24, 2.45) is 0 Å². The normalized spacial score (nSPS) is 18.5. The maximum atomic E-state index is 13.7. The van der Waals surface area contributed by atoms with Crippen LogP contribution in [0.25, 0.3) is 0 Å². The van der Waals surface area contributed by atoms with Crippen molar-refractivity contribution in [3.8, 4) is 5.75 Å². The molecular weight excluding hydrogens is 349 g/mol. The van der Waals surface area contributed by atoms with Gasteiger partial charge in [0.1, 0.15) is 17.2 Å². The average Bonchev–Trinajstić information content (AvgIpc) is 3.00. The zero-order valence-electron chi connectivity index (χ0n) is 15.6. The van der Waals surface area contributed by atoms with E-state index in [2.05, 4.69) is 0 Å². The molecule has 0 amide bonds. The summed E-state index contributed by atoms with van der Waals surface area (Å²) in [6.07, 6.45) is 1.41. The molecule has 0 spiro atoms. The molecule has 0 saturated carbocycles. The first-order valence-corrected chi connectivity index (χ1v) is 8.92. The zero-order valence-corrected chi connectivity index (χ0v) is 15.6. The molecule has 1 atom stereocenters. The molecule has 0 saturated heterocycles.